The van der Waals surface area contributed by atoms with Crippen molar-refractivity contribution in [2.24, 2.45) is 5.73 Å². The molecule has 0 aromatic heterocycles. The molecular formula is C28H29N3O. The second-order valence-corrected chi connectivity index (χ2v) is 9.07. The Morgan fingerprint density at radius 2 is 1.66 bits per heavy atom. The van der Waals surface area contributed by atoms with Crippen LogP contribution in [0.15, 0.2) is 76.9 Å². The van der Waals surface area contributed by atoms with Gasteiger partial charge in [-0.1, -0.05) is 66.6 Å². The number of rotatable bonds is 3. The van der Waals surface area contributed by atoms with E-state index in [0.29, 0.717) is 11.6 Å². The Morgan fingerprint density at radius 1 is 1.03 bits per heavy atom. The molecular weight excluding hydrogens is 394 g/mol. The number of likely N-dealkylation sites (N-methyl/N-ethyl adjacent to an activating group) is 1. The number of hydrogen-bond donors (Lipinski definition) is 1. The molecule has 2 N–H and O–H groups in total. The van der Waals surface area contributed by atoms with E-state index >= 15 is 0 Å². The zero-order valence-electron chi connectivity index (χ0n) is 18.9. The van der Waals surface area contributed by atoms with Crippen LogP contribution in [0.4, 0.5) is 0 Å². The van der Waals surface area contributed by atoms with Gasteiger partial charge in [0, 0.05) is 23.2 Å². The van der Waals surface area contributed by atoms with E-state index in [1.807, 2.05) is 0 Å². The smallest absolute Gasteiger partial charge is 0.205 e. The maximum atomic E-state index is 10.0. The van der Waals surface area contributed by atoms with Crippen LogP contribution >= 0.6 is 0 Å². The van der Waals surface area contributed by atoms with Gasteiger partial charge in [-0.2, -0.15) is 5.26 Å². The van der Waals surface area contributed by atoms with Crippen LogP contribution in [0.25, 0.3) is 6.08 Å². The molecule has 5 rings (SSSR count). The lowest BCUT2D eigenvalue weighted by Gasteiger charge is -2.43. The largest absolute Gasteiger partial charge is 0.440 e. The number of ether oxygens (including phenoxy) is 1. The summed E-state index contributed by atoms with van der Waals surface area (Å²) in [5.41, 5.74) is 13.9. The lowest BCUT2D eigenvalue weighted by Crippen LogP contribution is -2.45. The van der Waals surface area contributed by atoms with E-state index in [1.165, 1.54) is 22.3 Å². The van der Waals surface area contributed by atoms with Gasteiger partial charge in [0.25, 0.3) is 0 Å². The maximum absolute atomic E-state index is 10.0. The van der Waals surface area contributed by atoms with Crippen molar-refractivity contribution in [3.63, 3.8) is 0 Å². The first-order valence-electron chi connectivity index (χ1n) is 11.4. The number of hydrogen-bond acceptors (Lipinski definition) is 4. The van der Waals surface area contributed by atoms with E-state index in [4.69, 9.17) is 10.5 Å². The lowest BCUT2D eigenvalue weighted by atomic mass is 9.77. The zero-order valence-corrected chi connectivity index (χ0v) is 18.9. The fourth-order valence-corrected chi connectivity index (χ4v) is 5.58. The summed E-state index contributed by atoms with van der Waals surface area (Å²) in [6.07, 6.45) is 4.39. The highest BCUT2D eigenvalue weighted by Gasteiger charge is 2.49. The van der Waals surface area contributed by atoms with Crippen molar-refractivity contribution in [2.75, 3.05) is 6.54 Å². The van der Waals surface area contributed by atoms with Crippen molar-refractivity contribution in [2.45, 2.75) is 51.6 Å². The van der Waals surface area contributed by atoms with Gasteiger partial charge in [-0.25, -0.2) is 0 Å². The molecule has 0 saturated carbocycles. The predicted molar refractivity (Wildman–Crippen MR) is 127 cm³/mol. The van der Waals surface area contributed by atoms with Crippen LogP contribution in [0.2, 0.25) is 0 Å². The Labute approximate surface area is 190 Å². The van der Waals surface area contributed by atoms with E-state index in [1.54, 1.807) is 0 Å². The van der Waals surface area contributed by atoms with Gasteiger partial charge in [0.15, 0.2) is 0 Å². The van der Waals surface area contributed by atoms with E-state index in [9.17, 15) is 5.26 Å². The molecule has 0 amide bonds. The van der Waals surface area contributed by atoms with Crippen molar-refractivity contribution >= 4 is 6.08 Å². The normalized spacial score (nSPS) is 26.2. The SMILES string of the molecule is CCN1[C@@H]2CC[C@H]1/C(=C\c1ccc(C)cc1)C1=C2[C@@H](c2ccc(C)cc2)C(C#N)=C(N)O1. The third-order valence-corrected chi connectivity index (χ3v) is 7.13. The van der Waals surface area contributed by atoms with Crippen LogP contribution in [-0.4, -0.2) is 23.5 Å². The van der Waals surface area contributed by atoms with Gasteiger partial charge in [-0.05, 0) is 50.4 Å². The first kappa shape index (κ1) is 20.6. The van der Waals surface area contributed by atoms with Gasteiger partial charge < -0.3 is 10.5 Å². The third kappa shape index (κ3) is 3.25. The van der Waals surface area contributed by atoms with Crippen molar-refractivity contribution in [1.29, 1.82) is 5.26 Å². The summed E-state index contributed by atoms with van der Waals surface area (Å²) >= 11 is 0. The Balaban J connectivity index is 1.72. The average Bonchev–Trinajstić information content (AvgIpc) is 3.15. The van der Waals surface area contributed by atoms with E-state index in [-0.39, 0.29) is 17.8 Å². The number of nitrogens with zero attached hydrogens (tertiary/aromatic N) is 2. The minimum absolute atomic E-state index is 0.177. The number of aryl methyl sites for hydroxylation is 2. The van der Waals surface area contributed by atoms with Crippen LogP contribution in [0.1, 0.15) is 47.9 Å². The summed E-state index contributed by atoms with van der Waals surface area (Å²) in [5.74, 6) is 0.935. The van der Waals surface area contributed by atoms with Crippen LogP contribution in [0.3, 0.4) is 0 Å². The van der Waals surface area contributed by atoms with Crippen LogP contribution in [0, 0.1) is 25.2 Å². The maximum Gasteiger partial charge on any atom is 0.205 e. The second kappa shape index (κ2) is 8.00. The highest BCUT2D eigenvalue weighted by molar-refractivity contribution is 5.66. The number of nitriles is 1. The summed E-state index contributed by atoms with van der Waals surface area (Å²) in [6.45, 7) is 7.36. The highest BCUT2D eigenvalue weighted by atomic mass is 16.5. The Hall–Kier alpha value is -3.29. The average molecular weight is 424 g/mol. The molecule has 2 bridgehead atoms. The van der Waals surface area contributed by atoms with Crippen molar-refractivity contribution in [3.05, 3.63) is 99.1 Å². The molecule has 2 aromatic carbocycles. The molecule has 0 aliphatic carbocycles. The van der Waals surface area contributed by atoms with Gasteiger partial charge >= 0.3 is 0 Å². The van der Waals surface area contributed by atoms with Gasteiger partial charge in [-0.15, -0.1) is 0 Å². The standard InChI is InChI=1S/C28H29N3O/c1-4-31-23-13-14-24(31)26-25(20-11-7-18(3)8-12-20)22(16-29)28(30)32-27(26)21(23)15-19-9-5-17(2)6-10-19/h5-12,15,23-25H,4,13-14,30H2,1-3H3/b21-15+/t23-,24+,25-/m0/s1. The highest BCUT2D eigenvalue weighted by Crippen LogP contribution is 2.52. The first-order chi connectivity index (χ1) is 15.5. The summed E-state index contributed by atoms with van der Waals surface area (Å²) in [5, 5.41) is 10.0. The monoisotopic (exact) mass is 423 g/mol. The van der Waals surface area contributed by atoms with Crippen molar-refractivity contribution < 1.29 is 4.74 Å². The molecule has 3 atom stereocenters. The number of fused-ring (bicyclic) bond motifs is 3. The predicted octanol–water partition coefficient (Wildman–Crippen LogP) is 5.32. The molecule has 4 heteroatoms. The molecule has 0 radical (unpaired) electrons. The van der Waals surface area contributed by atoms with Crippen LogP contribution < -0.4 is 5.73 Å². The molecule has 32 heavy (non-hydrogen) atoms. The molecule has 162 valence electrons. The minimum atomic E-state index is -0.177. The lowest BCUT2D eigenvalue weighted by molar-refractivity contribution is 0.187. The molecule has 0 unspecified atom stereocenters. The second-order valence-electron chi connectivity index (χ2n) is 9.07. The van der Waals surface area contributed by atoms with Gasteiger partial charge in [0.05, 0.1) is 5.92 Å². The summed E-state index contributed by atoms with van der Waals surface area (Å²) in [6, 6.07) is 20.0. The molecule has 2 aromatic rings. The van der Waals surface area contributed by atoms with E-state index in [2.05, 4.69) is 86.3 Å². The van der Waals surface area contributed by atoms with Gasteiger partial charge in [0.2, 0.25) is 5.88 Å². The zero-order chi connectivity index (χ0) is 22.4. The fourth-order valence-electron chi connectivity index (χ4n) is 5.58. The Morgan fingerprint density at radius 3 is 2.28 bits per heavy atom. The first-order valence-corrected chi connectivity index (χ1v) is 11.4. The summed E-state index contributed by atoms with van der Waals surface area (Å²) < 4.78 is 6.27. The fraction of sp³-hybridized carbons (Fsp3) is 0.321. The third-order valence-electron chi connectivity index (χ3n) is 7.13. The van der Waals surface area contributed by atoms with Crippen molar-refractivity contribution in [1.82, 2.24) is 4.90 Å². The van der Waals surface area contributed by atoms with Crippen LogP contribution in [0.5, 0.6) is 0 Å². The topological polar surface area (TPSA) is 62.3 Å². The van der Waals surface area contributed by atoms with E-state index in [0.717, 1.165) is 36.3 Å². The molecule has 3 aliphatic rings. The molecule has 3 heterocycles. The molecule has 4 nitrogen and oxygen atoms in total. The Kier molecular flexibility index (Phi) is 5.15. The summed E-state index contributed by atoms with van der Waals surface area (Å²) in [7, 11) is 0. The Bertz CT molecular complexity index is 1180. The number of benzene rings is 2. The van der Waals surface area contributed by atoms with Crippen LogP contribution in [-0.2, 0) is 4.74 Å². The molecule has 0 spiro atoms. The van der Waals surface area contributed by atoms with Gasteiger partial charge in [-0.3, -0.25) is 4.90 Å². The number of nitrogens with two attached hydrogens (primary N) is 1. The van der Waals surface area contributed by atoms with Gasteiger partial charge in [0.1, 0.15) is 17.4 Å². The molecule has 3 aliphatic heterocycles. The quantitative estimate of drug-likeness (QED) is 0.726. The van der Waals surface area contributed by atoms with Crippen molar-refractivity contribution in [3.8, 4) is 6.07 Å². The van der Waals surface area contributed by atoms with E-state index < -0.39 is 0 Å². The minimum Gasteiger partial charge on any atom is -0.440 e. The molecule has 1 saturated heterocycles. The number of allylic oxidation sites excluding steroid dienone is 1. The molecule has 1 fully saturated rings. The summed E-state index contributed by atoms with van der Waals surface area (Å²) in [4.78, 5) is 2.57.